The minimum absolute atomic E-state index is 0.0190. The summed E-state index contributed by atoms with van der Waals surface area (Å²) in [6.45, 7) is 0.0190. The summed E-state index contributed by atoms with van der Waals surface area (Å²) in [5.41, 5.74) is 6.48. The number of hydrogen-bond acceptors (Lipinski definition) is 2. The second-order valence-corrected chi connectivity index (χ2v) is 4.47. The Labute approximate surface area is 106 Å². The zero-order valence-corrected chi connectivity index (χ0v) is 9.98. The van der Waals surface area contributed by atoms with Crippen molar-refractivity contribution in [3.05, 3.63) is 22.7 Å². The average molecular weight is 279 g/mol. The van der Waals surface area contributed by atoms with Crippen molar-refractivity contribution in [2.24, 2.45) is 0 Å². The maximum absolute atomic E-state index is 12.5. The third-order valence-corrected chi connectivity index (χ3v) is 3.12. The number of carbonyl (C=O) groups is 1. The third kappa shape index (κ3) is 2.25. The zero-order valence-electron chi connectivity index (χ0n) is 9.22. The van der Waals surface area contributed by atoms with Crippen LogP contribution in [0.5, 0.6) is 0 Å². The van der Waals surface area contributed by atoms with Gasteiger partial charge in [-0.2, -0.15) is 13.2 Å². The maximum atomic E-state index is 12.5. The Bertz CT molecular complexity index is 502. The monoisotopic (exact) mass is 278 g/mol. The van der Waals surface area contributed by atoms with Crippen LogP contribution in [0.1, 0.15) is 12.0 Å². The first-order valence-electron chi connectivity index (χ1n) is 5.27. The molecule has 0 spiro atoms. The van der Waals surface area contributed by atoms with E-state index in [0.717, 1.165) is 0 Å². The average Bonchev–Trinajstić information content (AvgIpc) is 2.26. The molecule has 0 saturated carbocycles. The lowest BCUT2D eigenvalue weighted by Crippen LogP contribution is -2.44. The van der Waals surface area contributed by atoms with Gasteiger partial charge in [-0.25, -0.2) is 0 Å². The normalized spacial score (nSPS) is 15.4. The van der Waals surface area contributed by atoms with Crippen molar-refractivity contribution >= 4 is 28.9 Å². The summed E-state index contributed by atoms with van der Waals surface area (Å²) in [7, 11) is 0. The van der Waals surface area contributed by atoms with Crippen LogP contribution in [0.15, 0.2) is 12.1 Å². The van der Waals surface area contributed by atoms with Gasteiger partial charge in [-0.15, -0.1) is 0 Å². The van der Waals surface area contributed by atoms with Crippen molar-refractivity contribution in [2.45, 2.75) is 19.0 Å². The number of anilines is 2. The third-order valence-electron chi connectivity index (χ3n) is 2.78. The second-order valence-electron chi connectivity index (χ2n) is 4.06. The molecule has 0 bridgehead atoms. The highest BCUT2D eigenvalue weighted by Crippen LogP contribution is 2.36. The smallest absolute Gasteiger partial charge is 0.399 e. The Morgan fingerprint density at radius 1 is 1.39 bits per heavy atom. The quantitative estimate of drug-likeness (QED) is 0.742. The van der Waals surface area contributed by atoms with Gasteiger partial charge in [-0.05, 0) is 30.5 Å². The van der Waals surface area contributed by atoms with Crippen LogP contribution >= 0.6 is 11.6 Å². The number of halogens is 4. The Kier molecular flexibility index (Phi) is 3.14. The van der Waals surface area contributed by atoms with Crippen LogP contribution in [0.25, 0.3) is 0 Å². The van der Waals surface area contributed by atoms with E-state index in [2.05, 4.69) is 0 Å². The molecule has 1 amide bonds. The van der Waals surface area contributed by atoms with Gasteiger partial charge in [-0.3, -0.25) is 4.79 Å². The maximum Gasteiger partial charge on any atom is 0.471 e. The molecule has 0 radical (unpaired) electrons. The van der Waals surface area contributed by atoms with Gasteiger partial charge in [0.05, 0.1) is 5.69 Å². The molecule has 7 heteroatoms. The summed E-state index contributed by atoms with van der Waals surface area (Å²) in [5.74, 6) is -1.88. The minimum atomic E-state index is -4.90. The van der Waals surface area contributed by atoms with Gasteiger partial charge >= 0.3 is 12.1 Å². The summed E-state index contributed by atoms with van der Waals surface area (Å²) in [6, 6.07) is 2.83. The predicted octanol–water partition coefficient (Wildman–Crippen LogP) is 2.76. The Balaban J connectivity index is 2.48. The van der Waals surface area contributed by atoms with Gasteiger partial charge in [0.25, 0.3) is 0 Å². The SMILES string of the molecule is Nc1cc(Cl)c2c(c1)N(C(=O)C(F)(F)F)CCC2. The van der Waals surface area contributed by atoms with Crippen molar-refractivity contribution < 1.29 is 18.0 Å². The van der Waals surface area contributed by atoms with E-state index in [9.17, 15) is 18.0 Å². The first-order chi connectivity index (χ1) is 8.30. The first kappa shape index (κ1) is 13.0. The van der Waals surface area contributed by atoms with Gasteiger partial charge in [0.1, 0.15) is 0 Å². The summed E-state index contributed by atoms with van der Waals surface area (Å²) < 4.78 is 37.4. The fourth-order valence-corrected chi connectivity index (χ4v) is 2.35. The largest absolute Gasteiger partial charge is 0.471 e. The first-order valence-corrected chi connectivity index (χ1v) is 5.65. The molecule has 0 aliphatic carbocycles. The lowest BCUT2D eigenvalue weighted by atomic mass is 10.0. The Morgan fingerprint density at radius 2 is 2.06 bits per heavy atom. The van der Waals surface area contributed by atoms with Gasteiger partial charge in [0.15, 0.2) is 0 Å². The number of amides is 1. The van der Waals surface area contributed by atoms with E-state index in [0.29, 0.717) is 28.3 Å². The van der Waals surface area contributed by atoms with Gasteiger partial charge in [0, 0.05) is 17.3 Å². The molecule has 0 saturated heterocycles. The molecule has 1 aromatic rings. The fourth-order valence-electron chi connectivity index (χ4n) is 2.03. The molecule has 0 atom stereocenters. The van der Waals surface area contributed by atoms with E-state index >= 15 is 0 Å². The molecule has 98 valence electrons. The lowest BCUT2D eigenvalue weighted by Gasteiger charge is -2.30. The molecule has 0 aromatic heterocycles. The Morgan fingerprint density at radius 3 is 2.67 bits per heavy atom. The predicted molar refractivity (Wildman–Crippen MR) is 62.6 cm³/mol. The van der Waals surface area contributed by atoms with E-state index in [4.69, 9.17) is 17.3 Å². The summed E-state index contributed by atoms with van der Waals surface area (Å²) >= 11 is 5.93. The summed E-state index contributed by atoms with van der Waals surface area (Å²) in [6.07, 6.45) is -3.92. The van der Waals surface area contributed by atoms with Crippen LogP contribution in [-0.2, 0) is 11.2 Å². The highest BCUT2D eigenvalue weighted by molar-refractivity contribution is 6.32. The van der Waals surface area contributed by atoms with Crippen LogP contribution in [0, 0.1) is 0 Å². The van der Waals surface area contributed by atoms with Crippen LogP contribution in [0.2, 0.25) is 5.02 Å². The number of alkyl halides is 3. The lowest BCUT2D eigenvalue weighted by molar-refractivity contribution is -0.170. The number of nitrogens with two attached hydrogens (primary N) is 1. The molecular weight excluding hydrogens is 269 g/mol. The molecule has 2 N–H and O–H groups in total. The molecule has 1 aliphatic rings. The van der Waals surface area contributed by atoms with Crippen LogP contribution in [0.4, 0.5) is 24.5 Å². The summed E-state index contributed by atoms with van der Waals surface area (Å²) in [4.78, 5) is 12.0. The van der Waals surface area contributed by atoms with E-state index in [1.165, 1.54) is 12.1 Å². The molecule has 1 aromatic carbocycles. The molecule has 0 fully saturated rings. The van der Waals surface area contributed by atoms with Crippen molar-refractivity contribution in [1.29, 1.82) is 0 Å². The summed E-state index contributed by atoms with van der Waals surface area (Å²) in [5, 5.41) is 0.296. The standard InChI is InChI=1S/C11H10ClF3N2O/c12-8-4-6(16)5-9-7(8)2-1-3-17(9)10(18)11(13,14)15/h4-5H,1-3,16H2. The van der Waals surface area contributed by atoms with E-state index < -0.39 is 12.1 Å². The zero-order chi connectivity index (χ0) is 13.5. The van der Waals surface area contributed by atoms with E-state index in [1.807, 2.05) is 0 Å². The fraction of sp³-hybridized carbons (Fsp3) is 0.364. The second kappa shape index (κ2) is 4.35. The number of nitrogen functional groups attached to an aromatic ring is 1. The molecule has 3 nitrogen and oxygen atoms in total. The number of rotatable bonds is 0. The number of carbonyl (C=O) groups excluding carboxylic acids is 1. The molecular formula is C11H10ClF3N2O. The van der Waals surface area contributed by atoms with E-state index in [-0.39, 0.29) is 17.9 Å². The van der Waals surface area contributed by atoms with E-state index in [1.54, 1.807) is 0 Å². The number of hydrogen-bond donors (Lipinski definition) is 1. The highest BCUT2D eigenvalue weighted by Gasteiger charge is 2.44. The topological polar surface area (TPSA) is 46.3 Å². The number of benzene rings is 1. The van der Waals surface area contributed by atoms with Crippen molar-refractivity contribution in [1.82, 2.24) is 0 Å². The number of nitrogens with zero attached hydrogens (tertiary/aromatic N) is 1. The molecule has 1 aliphatic heterocycles. The van der Waals surface area contributed by atoms with Crippen molar-refractivity contribution in [3.63, 3.8) is 0 Å². The Hall–Kier alpha value is -1.43. The van der Waals surface area contributed by atoms with Crippen LogP contribution in [-0.4, -0.2) is 18.6 Å². The van der Waals surface area contributed by atoms with Crippen LogP contribution in [0.3, 0.4) is 0 Å². The molecule has 0 unspecified atom stereocenters. The van der Waals surface area contributed by atoms with Crippen LogP contribution < -0.4 is 10.6 Å². The highest BCUT2D eigenvalue weighted by atomic mass is 35.5. The van der Waals surface area contributed by atoms with Gasteiger partial charge in [0.2, 0.25) is 0 Å². The van der Waals surface area contributed by atoms with Crippen molar-refractivity contribution in [2.75, 3.05) is 17.2 Å². The van der Waals surface area contributed by atoms with Gasteiger partial charge in [-0.1, -0.05) is 11.6 Å². The number of fused-ring (bicyclic) bond motifs is 1. The molecule has 2 rings (SSSR count). The minimum Gasteiger partial charge on any atom is -0.399 e. The molecule has 18 heavy (non-hydrogen) atoms. The van der Waals surface area contributed by atoms with Gasteiger partial charge < -0.3 is 10.6 Å². The molecule has 1 heterocycles. The van der Waals surface area contributed by atoms with Crippen molar-refractivity contribution in [3.8, 4) is 0 Å².